The van der Waals surface area contributed by atoms with Crippen LogP contribution in [-0.4, -0.2) is 24.3 Å². The Morgan fingerprint density at radius 2 is 2.14 bits per heavy atom. The van der Waals surface area contributed by atoms with E-state index in [-0.39, 0.29) is 12.1 Å². The molecule has 3 heteroatoms. The van der Waals surface area contributed by atoms with E-state index in [1.165, 1.54) is 7.11 Å². The van der Waals surface area contributed by atoms with Gasteiger partial charge in [-0.05, 0) is 19.8 Å². The van der Waals surface area contributed by atoms with Gasteiger partial charge in [0.1, 0.15) is 0 Å². The van der Waals surface area contributed by atoms with E-state index in [0.717, 1.165) is 19.3 Å². The number of hydrogen-bond acceptors (Lipinski definition) is 3. The maximum Gasteiger partial charge on any atom is 0.305 e. The Kier molecular flexibility index (Phi) is 7.96. The molecule has 0 saturated carbocycles. The third-order valence-corrected chi connectivity index (χ3v) is 1.68. The van der Waals surface area contributed by atoms with Crippen molar-refractivity contribution in [1.29, 1.82) is 0 Å². The molecule has 0 radical (unpaired) electrons. The van der Waals surface area contributed by atoms with Gasteiger partial charge in [0.25, 0.3) is 0 Å². The molecule has 14 heavy (non-hydrogen) atoms. The third-order valence-electron chi connectivity index (χ3n) is 1.68. The van der Waals surface area contributed by atoms with Crippen LogP contribution in [0, 0.1) is 11.8 Å². The van der Waals surface area contributed by atoms with Gasteiger partial charge in [0.15, 0.2) is 0 Å². The molecule has 1 unspecified atom stereocenters. The summed E-state index contributed by atoms with van der Waals surface area (Å²) >= 11 is 0. The molecule has 0 aliphatic rings. The predicted octanol–water partition coefficient (Wildman–Crippen LogP) is 1.49. The summed E-state index contributed by atoms with van der Waals surface area (Å²) in [5.74, 6) is 5.65. The van der Waals surface area contributed by atoms with Gasteiger partial charge in [-0.3, -0.25) is 4.79 Å². The lowest BCUT2D eigenvalue weighted by molar-refractivity contribution is -0.140. The van der Waals surface area contributed by atoms with Crippen molar-refractivity contribution in [3.63, 3.8) is 0 Å². The molecular weight excluding hydrogens is 180 g/mol. The van der Waals surface area contributed by atoms with Crippen molar-refractivity contribution in [2.75, 3.05) is 7.11 Å². The van der Waals surface area contributed by atoms with Crippen molar-refractivity contribution in [3.05, 3.63) is 0 Å². The van der Waals surface area contributed by atoms with Gasteiger partial charge in [-0.15, -0.1) is 11.8 Å². The summed E-state index contributed by atoms with van der Waals surface area (Å²) in [5.41, 5.74) is 0. The fourth-order valence-corrected chi connectivity index (χ4v) is 0.893. The fourth-order valence-electron chi connectivity index (χ4n) is 0.893. The number of rotatable bonds is 5. The van der Waals surface area contributed by atoms with Gasteiger partial charge >= 0.3 is 5.97 Å². The predicted molar refractivity (Wildman–Crippen MR) is 54.6 cm³/mol. The smallest absolute Gasteiger partial charge is 0.305 e. The van der Waals surface area contributed by atoms with E-state index in [1.54, 1.807) is 6.92 Å². The highest BCUT2D eigenvalue weighted by Gasteiger charge is 1.97. The average Bonchev–Trinajstić information content (AvgIpc) is 2.15. The second-order valence-corrected chi connectivity index (χ2v) is 3.19. The summed E-state index contributed by atoms with van der Waals surface area (Å²) in [6, 6.07) is 0. The Balaban J connectivity index is 3.27. The summed E-state index contributed by atoms with van der Waals surface area (Å²) in [6.07, 6.45) is 3.14. The SMILES string of the molecule is COC(=O)CCCCC#CCC(C)O. The molecule has 0 aromatic heterocycles. The first-order chi connectivity index (χ1) is 6.66. The molecule has 3 nitrogen and oxygen atoms in total. The topological polar surface area (TPSA) is 46.5 Å². The zero-order valence-electron chi connectivity index (χ0n) is 8.88. The molecule has 0 saturated heterocycles. The van der Waals surface area contributed by atoms with Crippen LogP contribution in [0.15, 0.2) is 0 Å². The molecule has 1 N–H and O–H groups in total. The van der Waals surface area contributed by atoms with Crippen molar-refractivity contribution in [1.82, 2.24) is 0 Å². The lowest BCUT2D eigenvalue weighted by Gasteiger charge is -1.96. The molecule has 0 aliphatic heterocycles. The molecule has 0 spiro atoms. The lowest BCUT2D eigenvalue weighted by Crippen LogP contribution is -1.98. The third kappa shape index (κ3) is 9.08. The Labute approximate surface area is 85.5 Å². The van der Waals surface area contributed by atoms with Gasteiger partial charge in [0.05, 0.1) is 13.2 Å². The summed E-state index contributed by atoms with van der Waals surface area (Å²) in [6.45, 7) is 1.71. The summed E-state index contributed by atoms with van der Waals surface area (Å²) in [7, 11) is 1.39. The Bertz CT molecular complexity index is 210. The van der Waals surface area contributed by atoms with Gasteiger partial charge in [0.2, 0.25) is 0 Å². The van der Waals surface area contributed by atoms with Crippen molar-refractivity contribution < 1.29 is 14.6 Å². The number of methoxy groups -OCH3 is 1. The normalized spacial score (nSPS) is 11.4. The average molecular weight is 198 g/mol. The number of esters is 1. The van der Waals surface area contributed by atoms with E-state index < -0.39 is 0 Å². The van der Waals surface area contributed by atoms with Gasteiger partial charge in [-0.25, -0.2) is 0 Å². The van der Waals surface area contributed by atoms with Gasteiger partial charge in [0, 0.05) is 19.3 Å². The van der Waals surface area contributed by atoms with E-state index in [9.17, 15) is 4.79 Å². The molecule has 1 atom stereocenters. The number of carbonyl (C=O) groups is 1. The summed E-state index contributed by atoms with van der Waals surface area (Å²) < 4.78 is 4.50. The number of carbonyl (C=O) groups excluding carboxylic acids is 1. The molecule has 0 bridgehead atoms. The standard InChI is InChI=1S/C11H18O3/c1-10(12)8-6-4-3-5-7-9-11(13)14-2/h10,12H,3,5,7-9H2,1-2H3. The fraction of sp³-hybridized carbons (Fsp3) is 0.727. The molecule has 0 aromatic carbocycles. The van der Waals surface area contributed by atoms with Crippen LogP contribution in [0.3, 0.4) is 0 Å². The van der Waals surface area contributed by atoms with Crippen LogP contribution in [-0.2, 0) is 9.53 Å². The van der Waals surface area contributed by atoms with Crippen molar-refractivity contribution >= 4 is 5.97 Å². The van der Waals surface area contributed by atoms with Crippen LogP contribution in [0.2, 0.25) is 0 Å². The first-order valence-electron chi connectivity index (χ1n) is 4.87. The minimum atomic E-state index is -0.349. The van der Waals surface area contributed by atoms with Gasteiger partial charge < -0.3 is 9.84 Å². The summed E-state index contributed by atoms with van der Waals surface area (Å²) in [5, 5.41) is 8.90. The highest BCUT2D eigenvalue weighted by molar-refractivity contribution is 5.68. The first kappa shape index (κ1) is 13.0. The highest BCUT2D eigenvalue weighted by atomic mass is 16.5. The van der Waals surface area contributed by atoms with Gasteiger partial charge in [-0.2, -0.15) is 0 Å². The van der Waals surface area contributed by atoms with Gasteiger partial charge in [-0.1, -0.05) is 0 Å². The zero-order valence-corrected chi connectivity index (χ0v) is 8.88. The largest absolute Gasteiger partial charge is 0.469 e. The van der Waals surface area contributed by atoms with Crippen LogP contribution < -0.4 is 0 Å². The van der Waals surface area contributed by atoms with Crippen LogP contribution >= 0.6 is 0 Å². The number of ether oxygens (including phenoxy) is 1. The first-order valence-corrected chi connectivity index (χ1v) is 4.87. The van der Waals surface area contributed by atoms with Crippen LogP contribution in [0.25, 0.3) is 0 Å². The molecule has 0 heterocycles. The van der Waals surface area contributed by atoms with Crippen molar-refractivity contribution in [2.24, 2.45) is 0 Å². The van der Waals surface area contributed by atoms with E-state index in [1.807, 2.05) is 0 Å². The minimum absolute atomic E-state index is 0.165. The molecule has 0 fully saturated rings. The second-order valence-electron chi connectivity index (χ2n) is 3.19. The maximum absolute atomic E-state index is 10.7. The van der Waals surface area contributed by atoms with E-state index in [2.05, 4.69) is 16.6 Å². The van der Waals surface area contributed by atoms with Crippen LogP contribution in [0.5, 0.6) is 0 Å². The quantitative estimate of drug-likeness (QED) is 0.413. The molecule has 80 valence electrons. The maximum atomic E-state index is 10.7. The highest BCUT2D eigenvalue weighted by Crippen LogP contribution is 2.00. The van der Waals surface area contributed by atoms with Crippen molar-refractivity contribution in [2.45, 2.75) is 45.1 Å². The number of hydrogen-bond donors (Lipinski definition) is 1. The zero-order chi connectivity index (χ0) is 10.8. The monoisotopic (exact) mass is 198 g/mol. The Morgan fingerprint density at radius 3 is 2.71 bits per heavy atom. The molecule has 0 rings (SSSR count). The molecule has 0 aliphatic carbocycles. The lowest BCUT2D eigenvalue weighted by atomic mass is 10.2. The van der Waals surface area contributed by atoms with E-state index >= 15 is 0 Å². The van der Waals surface area contributed by atoms with Crippen molar-refractivity contribution in [3.8, 4) is 11.8 Å². The second kappa shape index (κ2) is 8.58. The minimum Gasteiger partial charge on any atom is -0.469 e. The Hall–Kier alpha value is -1.01. The number of unbranched alkanes of at least 4 members (excludes halogenated alkanes) is 2. The van der Waals surface area contributed by atoms with E-state index in [4.69, 9.17) is 5.11 Å². The van der Waals surface area contributed by atoms with Crippen LogP contribution in [0.1, 0.15) is 39.0 Å². The number of aliphatic hydroxyl groups is 1. The summed E-state index contributed by atoms with van der Waals surface area (Å²) in [4.78, 5) is 10.7. The molecule has 0 aromatic rings. The molecular formula is C11H18O3. The Morgan fingerprint density at radius 1 is 1.43 bits per heavy atom. The van der Waals surface area contributed by atoms with E-state index in [0.29, 0.717) is 12.8 Å². The molecule has 0 amide bonds. The van der Waals surface area contributed by atoms with Crippen LogP contribution in [0.4, 0.5) is 0 Å². The number of aliphatic hydroxyl groups excluding tert-OH is 1.